The highest BCUT2D eigenvalue weighted by atomic mass is 19.4. The number of pyridine rings is 1. The van der Waals surface area contributed by atoms with Crippen LogP contribution in [0.15, 0.2) is 6.07 Å². The Morgan fingerprint density at radius 3 is 2.44 bits per heavy atom. The summed E-state index contributed by atoms with van der Waals surface area (Å²) in [6.07, 6.45) is -5.10. The maximum atomic E-state index is 12.7. The van der Waals surface area contributed by atoms with Crippen molar-refractivity contribution in [2.45, 2.75) is 19.6 Å². The maximum Gasteiger partial charge on any atom is 0.574 e. The molecule has 0 unspecified atom stereocenters. The molecule has 0 aromatic carbocycles. The zero-order chi connectivity index (χ0) is 12.3. The number of aliphatic hydroxyl groups excluding tert-OH is 1. The van der Waals surface area contributed by atoms with Crippen LogP contribution in [0.1, 0.15) is 11.1 Å². The fourth-order valence-corrected chi connectivity index (χ4v) is 1.04. The van der Waals surface area contributed by atoms with Crippen LogP contribution in [0.3, 0.4) is 0 Å². The Kier molecular flexibility index (Phi) is 3.63. The van der Waals surface area contributed by atoms with E-state index >= 15 is 0 Å². The van der Waals surface area contributed by atoms with Gasteiger partial charge in [-0.3, -0.25) is 0 Å². The van der Waals surface area contributed by atoms with Crippen LogP contribution < -0.4 is 4.74 Å². The van der Waals surface area contributed by atoms with Gasteiger partial charge in [0, 0.05) is 0 Å². The zero-order valence-corrected chi connectivity index (χ0v) is 7.68. The second-order valence-corrected chi connectivity index (χ2v) is 2.73. The van der Waals surface area contributed by atoms with Crippen molar-refractivity contribution >= 4 is 0 Å². The molecule has 1 rings (SSSR count). The van der Waals surface area contributed by atoms with Crippen molar-refractivity contribution < 1.29 is 31.8 Å². The average molecular weight is 243 g/mol. The lowest BCUT2D eigenvalue weighted by Gasteiger charge is -2.12. The van der Waals surface area contributed by atoms with Gasteiger partial charge >= 0.3 is 6.36 Å². The van der Waals surface area contributed by atoms with Gasteiger partial charge in [0.25, 0.3) is 0 Å². The minimum atomic E-state index is -5.10. The first-order chi connectivity index (χ1) is 7.37. The van der Waals surface area contributed by atoms with Crippen molar-refractivity contribution in [2.75, 3.05) is 0 Å². The van der Waals surface area contributed by atoms with Gasteiger partial charge < -0.3 is 9.84 Å². The second kappa shape index (κ2) is 4.60. The molecule has 0 saturated heterocycles. The Labute approximate surface area is 86.5 Å². The van der Waals surface area contributed by atoms with Crippen molar-refractivity contribution in [3.63, 3.8) is 0 Å². The molecular formula is C8H6F5NO2. The normalized spacial score (nSPS) is 11.6. The monoisotopic (exact) mass is 243 g/mol. The van der Waals surface area contributed by atoms with Crippen LogP contribution in [-0.4, -0.2) is 16.5 Å². The van der Waals surface area contributed by atoms with Gasteiger partial charge in [0.15, 0.2) is 0 Å². The lowest BCUT2D eigenvalue weighted by molar-refractivity contribution is -0.276. The first kappa shape index (κ1) is 12.6. The summed E-state index contributed by atoms with van der Waals surface area (Å²) < 4.78 is 64.0. The Balaban J connectivity index is 3.20. The van der Waals surface area contributed by atoms with E-state index in [2.05, 4.69) is 9.72 Å². The van der Waals surface area contributed by atoms with Crippen LogP contribution in [0.25, 0.3) is 0 Å². The van der Waals surface area contributed by atoms with E-state index in [1.54, 1.807) is 0 Å². The molecule has 0 radical (unpaired) electrons. The molecule has 0 aliphatic rings. The molecule has 0 fully saturated rings. The fraction of sp³-hybridized carbons (Fsp3) is 0.375. The van der Waals surface area contributed by atoms with E-state index in [0.717, 1.165) is 0 Å². The topological polar surface area (TPSA) is 42.4 Å². The molecule has 0 bridgehead atoms. The van der Waals surface area contributed by atoms with Crippen LogP contribution in [0.2, 0.25) is 0 Å². The van der Waals surface area contributed by atoms with E-state index < -0.39 is 37.0 Å². The van der Waals surface area contributed by atoms with Crippen LogP contribution in [0.4, 0.5) is 22.0 Å². The first-order valence-electron chi connectivity index (χ1n) is 3.98. The number of aromatic nitrogens is 1. The fourth-order valence-electron chi connectivity index (χ4n) is 1.04. The molecule has 0 saturated carbocycles. The number of alkyl halides is 4. The van der Waals surface area contributed by atoms with Gasteiger partial charge in [-0.2, -0.15) is 9.37 Å². The molecule has 0 spiro atoms. The third kappa shape index (κ3) is 3.02. The molecule has 8 heteroatoms. The molecule has 0 amide bonds. The van der Waals surface area contributed by atoms with Crippen LogP contribution in [0.5, 0.6) is 5.88 Å². The third-order valence-electron chi connectivity index (χ3n) is 1.66. The summed E-state index contributed by atoms with van der Waals surface area (Å²) in [6, 6.07) is 0.637. The van der Waals surface area contributed by atoms with E-state index in [-0.39, 0.29) is 5.56 Å². The molecule has 1 heterocycles. The summed E-state index contributed by atoms with van der Waals surface area (Å²) in [4.78, 5) is 2.78. The van der Waals surface area contributed by atoms with Gasteiger partial charge in [0.05, 0.1) is 12.2 Å². The van der Waals surface area contributed by atoms with Crippen molar-refractivity contribution in [1.82, 2.24) is 4.98 Å². The van der Waals surface area contributed by atoms with Gasteiger partial charge in [0.2, 0.25) is 11.8 Å². The highest BCUT2D eigenvalue weighted by Gasteiger charge is 2.33. The smallest absolute Gasteiger partial charge is 0.392 e. The Hall–Kier alpha value is -1.44. The summed E-state index contributed by atoms with van der Waals surface area (Å²) in [5.74, 6) is -2.51. The van der Waals surface area contributed by atoms with Gasteiger partial charge in [-0.15, -0.1) is 13.2 Å². The van der Waals surface area contributed by atoms with Crippen LogP contribution >= 0.6 is 0 Å². The minimum absolute atomic E-state index is 0.339. The Morgan fingerprint density at radius 2 is 2.00 bits per heavy atom. The second-order valence-electron chi connectivity index (χ2n) is 2.73. The number of nitrogens with zero attached hydrogens (tertiary/aromatic N) is 1. The summed E-state index contributed by atoms with van der Waals surface area (Å²) in [5, 5.41) is 8.70. The summed E-state index contributed by atoms with van der Waals surface area (Å²) >= 11 is 0. The molecule has 1 N–H and O–H groups in total. The molecule has 90 valence electrons. The van der Waals surface area contributed by atoms with Gasteiger partial charge in [-0.1, -0.05) is 0 Å². The zero-order valence-electron chi connectivity index (χ0n) is 7.68. The number of rotatable bonds is 3. The molecule has 0 atom stereocenters. The van der Waals surface area contributed by atoms with Gasteiger partial charge in [0.1, 0.15) is 6.67 Å². The van der Waals surface area contributed by atoms with Crippen molar-refractivity contribution in [1.29, 1.82) is 0 Å². The molecular weight excluding hydrogens is 237 g/mol. The molecule has 1 aromatic heterocycles. The lowest BCUT2D eigenvalue weighted by atomic mass is 10.1. The highest BCUT2D eigenvalue weighted by Crippen LogP contribution is 2.28. The minimum Gasteiger partial charge on any atom is -0.392 e. The molecule has 1 aromatic rings. The average Bonchev–Trinajstić information content (AvgIpc) is 2.14. The van der Waals surface area contributed by atoms with E-state index in [4.69, 9.17) is 5.11 Å². The molecule has 16 heavy (non-hydrogen) atoms. The van der Waals surface area contributed by atoms with E-state index in [9.17, 15) is 22.0 Å². The maximum absolute atomic E-state index is 12.7. The van der Waals surface area contributed by atoms with Gasteiger partial charge in [-0.05, 0) is 11.6 Å². The van der Waals surface area contributed by atoms with Crippen molar-refractivity contribution in [2.24, 2.45) is 0 Å². The van der Waals surface area contributed by atoms with Crippen LogP contribution in [0, 0.1) is 5.95 Å². The number of ether oxygens (including phenoxy) is 1. The predicted molar refractivity (Wildman–Crippen MR) is 41.6 cm³/mol. The van der Waals surface area contributed by atoms with Crippen molar-refractivity contribution in [3.8, 4) is 5.88 Å². The van der Waals surface area contributed by atoms with Gasteiger partial charge in [-0.25, -0.2) is 4.39 Å². The third-order valence-corrected chi connectivity index (χ3v) is 1.66. The number of halogens is 5. The lowest BCUT2D eigenvalue weighted by Crippen LogP contribution is -2.20. The van der Waals surface area contributed by atoms with E-state index in [1.807, 2.05) is 0 Å². The largest absolute Gasteiger partial charge is 0.574 e. The molecule has 0 aliphatic heterocycles. The predicted octanol–water partition coefficient (Wildman–Crippen LogP) is 2.08. The van der Waals surface area contributed by atoms with Crippen molar-refractivity contribution in [3.05, 3.63) is 23.1 Å². The SMILES string of the molecule is OCc1cc(F)nc(OC(F)(F)F)c1CF. The summed E-state index contributed by atoms with van der Waals surface area (Å²) in [6.45, 7) is -2.17. The quantitative estimate of drug-likeness (QED) is 0.652. The Bertz CT molecular complexity index is 379. The number of hydrogen-bond acceptors (Lipinski definition) is 3. The number of hydrogen-bond donors (Lipinski definition) is 1. The first-order valence-corrected chi connectivity index (χ1v) is 3.98. The Morgan fingerprint density at radius 1 is 1.38 bits per heavy atom. The summed E-state index contributed by atoms with van der Waals surface area (Å²) in [7, 11) is 0. The molecule has 3 nitrogen and oxygen atoms in total. The van der Waals surface area contributed by atoms with E-state index in [1.165, 1.54) is 0 Å². The molecule has 0 aliphatic carbocycles. The standard InChI is InChI=1S/C8H6F5NO2/c9-2-5-4(3-15)1-6(10)14-7(5)16-8(11,12)13/h1,15H,2-3H2. The highest BCUT2D eigenvalue weighted by molar-refractivity contribution is 5.34. The van der Waals surface area contributed by atoms with Crippen LogP contribution in [-0.2, 0) is 13.3 Å². The number of aliphatic hydroxyl groups is 1. The van der Waals surface area contributed by atoms with E-state index in [0.29, 0.717) is 6.07 Å². The summed E-state index contributed by atoms with van der Waals surface area (Å²) in [5.41, 5.74) is -0.963.